The molecule has 0 saturated heterocycles. The van der Waals surface area contributed by atoms with Crippen LogP contribution in [0.25, 0.3) is 0 Å². The van der Waals surface area contributed by atoms with Gasteiger partial charge in [0, 0.05) is 11.6 Å². The lowest BCUT2D eigenvalue weighted by atomic mass is 9.87. The van der Waals surface area contributed by atoms with Crippen molar-refractivity contribution in [3.8, 4) is 17.8 Å². The van der Waals surface area contributed by atoms with Crippen LogP contribution in [-0.2, 0) is 10.0 Å². The molecular formula is C23H20N2O6S. The van der Waals surface area contributed by atoms with Crippen molar-refractivity contribution in [2.24, 2.45) is 5.92 Å². The smallest absolute Gasteiger partial charge is 0.346 e. The third-order valence-corrected chi connectivity index (χ3v) is 6.74. The van der Waals surface area contributed by atoms with Crippen molar-refractivity contribution in [3.05, 3.63) is 81.7 Å². The van der Waals surface area contributed by atoms with Gasteiger partial charge in [0.25, 0.3) is 16.0 Å². The molecule has 164 valence electrons. The van der Waals surface area contributed by atoms with E-state index < -0.39 is 21.6 Å². The van der Waals surface area contributed by atoms with Crippen LogP contribution >= 0.6 is 0 Å². The van der Waals surface area contributed by atoms with Gasteiger partial charge in [-0.2, -0.15) is 5.26 Å². The molecular weight excluding hydrogens is 432 g/mol. The van der Waals surface area contributed by atoms with Crippen molar-refractivity contribution < 1.29 is 22.7 Å². The highest BCUT2D eigenvalue weighted by Crippen LogP contribution is 2.48. The fraction of sp³-hybridized carbons (Fsp3) is 0.217. The second kappa shape index (κ2) is 8.40. The Morgan fingerprint density at radius 1 is 1.19 bits per heavy atom. The molecule has 0 aliphatic heterocycles. The van der Waals surface area contributed by atoms with Gasteiger partial charge in [-0.3, -0.25) is 4.72 Å². The minimum atomic E-state index is -3.88. The van der Waals surface area contributed by atoms with E-state index >= 15 is 0 Å². The Morgan fingerprint density at radius 2 is 1.91 bits per heavy atom. The summed E-state index contributed by atoms with van der Waals surface area (Å²) in [7, 11) is -2.55. The van der Waals surface area contributed by atoms with E-state index in [-0.39, 0.29) is 28.1 Å². The van der Waals surface area contributed by atoms with Gasteiger partial charge in [0.15, 0.2) is 0 Å². The molecule has 1 aliphatic carbocycles. The van der Waals surface area contributed by atoms with Crippen LogP contribution in [0.15, 0.2) is 68.7 Å². The Bertz CT molecular complexity index is 1350. The third kappa shape index (κ3) is 4.31. The van der Waals surface area contributed by atoms with Crippen LogP contribution < -0.4 is 15.1 Å². The number of benzene rings is 2. The first-order chi connectivity index (χ1) is 15.3. The molecule has 1 heterocycles. The van der Waals surface area contributed by atoms with Crippen LogP contribution in [0.4, 0.5) is 5.69 Å². The Balaban J connectivity index is 1.68. The zero-order chi connectivity index (χ0) is 22.9. The van der Waals surface area contributed by atoms with Crippen molar-refractivity contribution in [2.75, 3.05) is 11.8 Å². The van der Waals surface area contributed by atoms with Crippen LogP contribution in [0.2, 0.25) is 0 Å². The number of nitriles is 1. The Hall–Kier alpha value is -3.77. The van der Waals surface area contributed by atoms with Gasteiger partial charge in [-0.25, -0.2) is 13.2 Å². The number of sulfonamides is 1. The Kier molecular flexibility index (Phi) is 5.63. The number of anilines is 1. The van der Waals surface area contributed by atoms with E-state index in [4.69, 9.17) is 14.4 Å². The van der Waals surface area contributed by atoms with Gasteiger partial charge in [-0.15, -0.1) is 0 Å². The highest BCUT2D eigenvalue weighted by atomic mass is 32.2. The van der Waals surface area contributed by atoms with Gasteiger partial charge in [-0.05, 0) is 60.7 Å². The average Bonchev–Trinajstić information content (AvgIpc) is 3.61. The summed E-state index contributed by atoms with van der Waals surface area (Å²) in [5.74, 6) is -0.632. The van der Waals surface area contributed by atoms with E-state index in [2.05, 4.69) is 4.72 Å². The maximum Gasteiger partial charge on any atom is 0.346 e. The van der Waals surface area contributed by atoms with Gasteiger partial charge >= 0.3 is 5.63 Å². The van der Waals surface area contributed by atoms with Crippen LogP contribution in [0.3, 0.4) is 0 Å². The molecule has 0 amide bonds. The highest BCUT2D eigenvalue weighted by molar-refractivity contribution is 7.92. The van der Waals surface area contributed by atoms with Crippen LogP contribution in [-0.4, -0.2) is 20.6 Å². The number of nitrogens with one attached hydrogen (secondary N) is 1. The summed E-state index contributed by atoms with van der Waals surface area (Å²) >= 11 is 0. The molecule has 0 spiro atoms. The fourth-order valence-corrected chi connectivity index (χ4v) is 4.73. The molecule has 2 aromatic carbocycles. The molecule has 3 aromatic rings. The number of rotatable bonds is 7. The van der Waals surface area contributed by atoms with E-state index in [0.29, 0.717) is 16.8 Å². The van der Waals surface area contributed by atoms with Crippen LogP contribution in [0.5, 0.6) is 11.7 Å². The van der Waals surface area contributed by atoms with Crippen molar-refractivity contribution in [3.63, 3.8) is 0 Å². The lowest BCUT2D eigenvalue weighted by Crippen LogP contribution is -2.17. The minimum absolute atomic E-state index is 0.0223. The summed E-state index contributed by atoms with van der Waals surface area (Å²) in [6.45, 7) is 0. The largest absolute Gasteiger partial charge is 0.507 e. The molecule has 0 bridgehead atoms. The topological polar surface area (TPSA) is 130 Å². The number of nitrogens with zero attached hydrogens (tertiary/aromatic N) is 1. The zero-order valence-electron chi connectivity index (χ0n) is 17.1. The molecule has 1 saturated carbocycles. The van der Waals surface area contributed by atoms with Crippen LogP contribution in [0.1, 0.15) is 35.4 Å². The lowest BCUT2D eigenvalue weighted by molar-refractivity contribution is 0.277. The molecule has 9 heteroatoms. The molecule has 4 rings (SSSR count). The van der Waals surface area contributed by atoms with E-state index in [1.165, 1.54) is 37.4 Å². The lowest BCUT2D eigenvalue weighted by Gasteiger charge is -2.19. The molecule has 8 nitrogen and oxygen atoms in total. The SMILES string of the molecule is COc1cc(O)c(C(c2cccc(NS(=O)(=O)c3ccc(C#N)cc3)c2)C2CC2)c(=O)o1. The van der Waals surface area contributed by atoms with E-state index in [1.54, 1.807) is 24.3 Å². The van der Waals surface area contributed by atoms with Crippen molar-refractivity contribution in [1.29, 1.82) is 5.26 Å². The number of hydrogen-bond acceptors (Lipinski definition) is 7. The van der Waals surface area contributed by atoms with E-state index in [9.17, 15) is 18.3 Å². The predicted octanol–water partition coefficient (Wildman–Crippen LogP) is 3.57. The quantitative estimate of drug-likeness (QED) is 0.560. The molecule has 2 N–H and O–H groups in total. The monoisotopic (exact) mass is 452 g/mol. The van der Waals surface area contributed by atoms with Crippen molar-refractivity contribution in [2.45, 2.75) is 23.7 Å². The van der Waals surface area contributed by atoms with E-state index in [1.807, 2.05) is 6.07 Å². The maximum atomic E-state index is 12.8. The van der Waals surface area contributed by atoms with Crippen molar-refractivity contribution >= 4 is 15.7 Å². The second-order valence-electron chi connectivity index (χ2n) is 7.54. The summed E-state index contributed by atoms with van der Waals surface area (Å²) in [5, 5.41) is 19.4. The first-order valence-electron chi connectivity index (χ1n) is 9.86. The molecule has 1 unspecified atom stereocenters. The number of hydrogen-bond donors (Lipinski definition) is 2. The Morgan fingerprint density at radius 3 is 2.50 bits per heavy atom. The summed E-state index contributed by atoms with van der Waals surface area (Å²) in [5.41, 5.74) is 0.786. The first-order valence-corrected chi connectivity index (χ1v) is 11.3. The first kappa shape index (κ1) is 21.5. The van der Waals surface area contributed by atoms with Gasteiger partial charge in [0.05, 0.1) is 35.3 Å². The number of ether oxygens (including phenoxy) is 1. The zero-order valence-corrected chi connectivity index (χ0v) is 17.9. The van der Waals surface area contributed by atoms with Gasteiger partial charge in [-0.1, -0.05) is 12.1 Å². The normalized spacial score (nSPS) is 14.4. The fourth-order valence-electron chi connectivity index (χ4n) is 3.68. The summed E-state index contributed by atoms with van der Waals surface area (Å²) in [6.07, 6.45) is 1.74. The predicted molar refractivity (Wildman–Crippen MR) is 116 cm³/mol. The van der Waals surface area contributed by atoms with Crippen molar-refractivity contribution in [1.82, 2.24) is 0 Å². The molecule has 32 heavy (non-hydrogen) atoms. The molecule has 1 aromatic heterocycles. The molecule has 1 atom stereocenters. The second-order valence-corrected chi connectivity index (χ2v) is 9.22. The van der Waals surface area contributed by atoms with E-state index in [0.717, 1.165) is 12.8 Å². The molecule has 1 fully saturated rings. The summed E-state index contributed by atoms with van der Waals surface area (Å²) < 4.78 is 38.1. The third-order valence-electron chi connectivity index (χ3n) is 5.34. The maximum absolute atomic E-state index is 12.8. The average molecular weight is 452 g/mol. The Labute approximate surface area is 184 Å². The highest BCUT2D eigenvalue weighted by Gasteiger charge is 2.37. The van der Waals surface area contributed by atoms with Gasteiger partial charge in [0.1, 0.15) is 5.75 Å². The number of methoxy groups -OCH3 is 1. The number of aromatic hydroxyl groups is 1. The van der Waals surface area contributed by atoms with Gasteiger partial charge in [0.2, 0.25) is 0 Å². The summed E-state index contributed by atoms with van der Waals surface area (Å²) in [6, 6.07) is 15.5. The van der Waals surface area contributed by atoms with Crippen LogP contribution in [0, 0.1) is 17.2 Å². The summed E-state index contributed by atoms with van der Waals surface area (Å²) in [4.78, 5) is 12.6. The standard InChI is InChI=1S/C23H20N2O6S/c1-30-20-12-19(26)22(23(27)31-20)21(15-7-8-15)16-3-2-4-17(11-16)25-32(28,29)18-9-5-14(13-24)6-10-18/h2-6,9-12,15,21,25-26H,7-8H2,1H3. The van der Waals surface area contributed by atoms with Gasteiger partial charge < -0.3 is 14.3 Å². The minimum Gasteiger partial charge on any atom is -0.507 e. The molecule has 0 radical (unpaired) electrons. The molecule has 1 aliphatic rings.